The number of hydrogen-bond donors (Lipinski definition) is 0. The lowest BCUT2D eigenvalue weighted by molar-refractivity contribution is 0.795. The van der Waals surface area contributed by atoms with E-state index in [0.29, 0.717) is 5.82 Å². The number of hydrogen-bond acceptors (Lipinski definition) is 2. The van der Waals surface area contributed by atoms with Gasteiger partial charge in [0.2, 0.25) is 0 Å². The van der Waals surface area contributed by atoms with Crippen LogP contribution in [0.1, 0.15) is 103 Å². The molecule has 4 aromatic carbocycles. The van der Waals surface area contributed by atoms with E-state index in [1.807, 2.05) is 24.3 Å². The Kier molecular flexibility index (Phi) is 21.5. The molecule has 58 heavy (non-hydrogen) atoms. The molecule has 0 fully saturated rings. The minimum absolute atomic E-state index is 0.631. The molecule has 300 valence electrons. The molecule has 0 bridgehead atoms. The van der Waals surface area contributed by atoms with E-state index in [9.17, 15) is 0 Å². The number of benzene rings is 4. The summed E-state index contributed by atoms with van der Waals surface area (Å²) in [5.74, 6) is 0.631. The van der Waals surface area contributed by atoms with Crippen molar-refractivity contribution in [2.45, 2.75) is 81.1 Å². The molecule has 1 heterocycles. The monoisotopic (exact) mass is 767 g/mol. The second kappa shape index (κ2) is 25.9. The molecule has 0 aliphatic heterocycles. The molecule has 0 aliphatic carbocycles. The fourth-order valence-corrected chi connectivity index (χ4v) is 5.78. The predicted molar refractivity (Wildman–Crippen MR) is 261 cm³/mol. The van der Waals surface area contributed by atoms with Gasteiger partial charge >= 0.3 is 0 Å². The van der Waals surface area contributed by atoms with E-state index < -0.39 is 0 Å². The lowest BCUT2D eigenvalue weighted by Crippen LogP contribution is -1.99. The molecule has 0 atom stereocenters. The summed E-state index contributed by atoms with van der Waals surface area (Å²) in [4.78, 5) is 9.25. The van der Waals surface area contributed by atoms with Crippen LogP contribution in [0, 0.1) is 27.7 Å². The predicted octanol–water partition coefficient (Wildman–Crippen LogP) is 16.2. The summed E-state index contributed by atoms with van der Waals surface area (Å²) in [6.07, 6.45) is 16.0. The molecule has 0 spiro atoms. The van der Waals surface area contributed by atoms with Gasteiger partial charge in [0.15, 0.2) is 5.82 Å². The second-order valence-electron chi connectivity index (χ2n) is 14.4. The molecule has 0 saturated carbocycles. The van der Waals surface area contributed by atoms with E-state index in [2.05, 4.69) is 202 Å². The molecular formula is C56H66N2. The van der Waals surface area contributed by atoms with Crippen molar-refractivity contribution < 1.29 is 0 Å². The van der Waals surface area contributed by atoms with Crippen LogP contribution >= 0.6 is 0 Å². The van der Waals surface area contributed by atoms with Crippen LogP contribution < -0.4 is 0 Å². The van der Waals surface area contributed by atoms with Gasteiger partial charge in [0.1, 0.15) is 0 Å². The summed E-state index contributed by atoms with van der Waals surface area (Å²) >= 11 is 0. The second-order valence-corrected chi connectivity index (χ2v) is 14.4. The van der Waals surface area contributed by atoms with Crippen molar-refractivity contribution >= 4 is 28.4 Å². The fourth-order valence-electron chi connectivity index (χ4n) is 5.78. The lowest BCUT2D eigenvalue weighted by atomic mass is 10.00. The first-order chi connectivity index (χ1) is 27.8. The van der Waals surface area contributed by atoms with Crippen molar-refractivity contribution in [1.82, 2.24) is 9.97 Å². The molecule has 0 aliphatic rings. The van der Waals surface area contributed by atoms with E-state index >= 15 is 0 Å². The van der Waals surface area contributed by atoms with E-state index in [-0.39, 0.29) is 0 Å². The van der Waals surface area contributed by atoms with Gasteiger partial charge in [-0.2, -0.15) is 0 Å². The Hall–Kier alpha value is -6.12. The van der Waals surface area contributed by atoms with Crippen LogP contribution in [0.5, 0.6) is 0 Å². The van der Waals surface area contributed by atoms with Gasteiger partial charge in [0.25, 0.3) is 0 Å². The van der Waals surface area contributed by atoms with Crippen LogP contribution in [0.2, 0.25) is 0 Å². The highest BCUT2D eigenvalue weighted by Crippen LogP contribution is 2.24. The van der Waals surface area contributed by atoms with Gasteiger partial charge in [-0.25, -0.2) is 9.97 Å². The van der Waals surface area contributed by atoms with Crippen molar-refractivity contribution in [1.29, 1.82) is 0 Å². The first-order valence-corrected chi connectivity index (χ1v) is 20.2. The molecule has 2 heteroatoms. The van der Waals surface area contributed by atoms with Gasteiger partial charge in [-0.1, -0.05) is 204 Å². The third-order valence-electron chi connectivity index (χ3n) is 9.40. The maximum Gasteiger partial charge on any atom is 0.159 e. The quantitative estimate of drug-likeness (QED) is 0.112. The van der Waals surface area contributed by atoms with Gasteiger partial charge in [-0.05, 0) is 111 Å². The first kappa shape index (κ1) is 48.0. The van der Waals surface area contributed by atoms with Crippen LogP contribution in [0.4, 0.5) is 0 Å². The third kappa shape index (κ3) is 16.5. The zero-order chi connectivity index (χ0) is 43.0. The Morgan fingerprint density at radius 1 is 0.638 bits per heavy atom. The van der Waals surface area contributed by atoms with Crippen molar-refractivity contribution in [3.63, 3.8) is 0 Å². The van der Waals surface area contributed by atoms with Crippen LogP contribution in [-0.2, 0) is 6.42 Å². The highest BCUT2D eigenvalue weighted by atomic mass is 14.9. The number of nitrogens with zero attached hydrogens (tertiary/aromatic N) is 2. The zero-order valence-electron chi connectivity index (χ0n) is 36.7. The molecule has 5 rings (SSSR count). The van der Waals surface area contributed by atoms with Gasteiger partial charge in [0, 0.05) is 11.1 Å². The zero-order valence-corrected chi connectivity index (χ0v) is 36.7. The summed E-state index contributed by atoms with van der Waals surface area (Å²) in [5.41, 5.74) is 17.3. The van der Waals surface area contributed by atoms with Gasteiger partial charge in [-0.3, -0.25) is 0 Å². The van der Waals surface area contributed by atoms with Gasteiger partial charge in [0.05, 0.1) is 11.4 Å². The molecule has 0 unspecified atom stereocenters. The summed E-state index contributed by atoms with van der Waals surface area (Å²) < 4.78 is 0. The molecule has 0 N–H and O–H groups in total. The summed E-state index contributed by atoms with van der Waals surface area (Å²) in [6.45, 7) is 39.7. The minimum atomic E-state index is 0.631. The van der Waals surface area contributed by atoms with Crippen LogP contribution in [0.15, 0.2) is 167 Å². The molecule has 2 nitrogen and oxygen atoms in total. The molecule has 0 saturated heterocycles. The summed E-state index contributed by atoms with van der Waals surface area (Å²) in [5, 5.41) is 0. The molecule has 0 amide bonds. The molecule has 0 radical (unpaired) electrons. The fraction of sp³-hybridized carbons (Fsp3) is 0.214. The average molecular weight is 767 g/mol. The van der Waals surface area contributed by atoms with Crippen LogP contribution in [-0.4, -0.2) is 9.97 Å². The number of aryl methyl sites for hydroxylation is 5. The normalized spacial score (nSPS) is 10.6. The van der Waals surface area contributed by atoms with Gasteiger partial charge < -0.3 is 0 Å². The first-order valence-electron chi connectivity index (χ1n) is 20.2. The van der Waals surface area contributed by atoms with Crippen molar-refractivity contribution in [2.75, 3.05) is 0 Å². The number of aromatic nitrogens is 2. The van der Waals surface area contributed by atoms with E-state index in [1.54, 1.807) is 12.2 Å². The number of allylic oxidation sites excluding steroid dienone is 9. The van der Waals surface area contributed by atoms with Crippen molar-refractivity contribution in [3.8, 4) is 11.3 Å². The smallest absolute Gasteiger partial charge is 0.159 e. The van der Waals surface area contributed by atoms with E-state index in [4.69, 9.17) is 0 Å². The Morgan fingerprint density at radius 2 is 1.22 bits per heavy atom. The topological polar surface area (TPSA) is 25.8 Å². The Balaban J connectivity index is 0.000000281. The largest absolute Gasteiger partial charge is 0.228 e. The van der Waals surface area contributed by atoms with Crippen molar-refractivity contribution in [2.24, 2.45) is 0 Å². The average Bonchev–Trinajstić information content (AvgIpc) is 3.23. The Morgan fingerprint density at radius 3 is 1.74 bits per heavy atom. The van der Waals surface area contributed by atoms with Crippen molar-refractivity contribution in [3.05, 3.63) is 223 Å². The number of rotatable bonds is 13. The maximum absolute atomic E-state index is 4.64. The highest BCUT2D eigenvalue weighted by Gasteiger charge is 2.09. The summed E-state index contributed by atoms with van der Waals surface area (Å²) in [6, 6.07) is 33.8. The SMILES string of the molecule is C=C/C=C(\C)c1ccc(C)cc1C.C=CC(=C)c1ccc(CCCC)cc1.C=CC(=C)c1nc(/C(C)=C/CC)cc(-c2ccc(C)cc2)n1.C=Cc1ccc(C)cc1. The Labute approximate surface area is 352 Å². The lowest BCUT2D eigenvalue weighted by Gasteiger charge is -2.09. The van der Waals surface area contributed by atoms with Gasteiger partial charge in [-0.15, -0.1) is 0 Å². The van der Waals surface area contributed by atoms with E-state index in [1.165, 1.54) is 69.3 Å². The van der Waals surface area contributed by atoms with Crippen LogP contribution in [0.25, 0.3) is 39.6 Å². The minimum Gasteiger partial charge on any atom is -0.228 e. The molecular weight excluding hydrogens is 701 g/mol. The summed E-state index contributed by atoms with van der Waals surface area (Å²) in [7, 11) is 0. The molecule has 1 aromatic heterocycles. The van der Waals surface area contributed by atoms with E-state index in [0.717, 1.165) is 40.1 Å². The Bertz CT molecular complexity index is 2170. The third-order valence-corrected chi connectivity index (χ3v) is 9.40. The highest BCUT2D eigenvalue weighted by molar-refractivity contribution is 5.73. The van der Waals surface area contributed by atoms with Crippen LogP contribution in [0.3, 0.4) is 0 Å². The molecule has 5 aromatic rings. The number of unbranched alkanes of at least 4 members (excludes halogenated alkanes) is 1. The standard InChI is InChI=1S/C20H22N2.C14H18.C13H16.C9H10/c1-6-8-16(5)18-13-19(17-11-9-14(3)10-12-17)22-20(21-18)15(4)7-2;1-4-6-7-13-8-10-14(11-9-13)12(3)5-2;1-5-6-11(3)13-8-7-10(2)9-12(13)4;1-3-9-6-4-8(2)5-7-9/h7-13H,2,4,6H2,1,3,5H3;5,8-11H,2-4,6-7H2,1H3;5-9H,1H2,2-4H3;3-7H,1H2,2H3/b16-8+;;11-6+;. The maximum atomic E-state index is 4.64.